The second kappa shape index (κ2) is 6.91. The van der Waals surface area contributed by atoms with E-state index < -0.39 is 5.41 Å². The van der Waals surface area contributed by atoms with Crippen molar-refractivity contribution in [2.75, 3.05) is 5.32 Å². The van der Waals surface area contributed by atoms with Crippen LogP contribution in [0.2, 0.25) is 0 Å². The van der Waals surface area contributed by atoms with Crippen molar-refractivity contribution >= 4 is 22.5 Å². The summed E-state index contributed by atoms with van der Waals surface area (Å²) >= 11 is 0. The minimum atomic E-state index is -0.533. The summed E-state index contributed by atoms with van der Waals surface area (Å²) in [5.74, 6) is 0.432. The molecular weight excluding hydrogens is 320 g/mol. The largest absolute Gasteiger partial charge is 0.323 e. The standard InChI is InChI=1S/C23H24N2O/c1-23(19-13-5-6-14-19,18-11-3-2-4-12-18)22(26)25-20-15-7-9-17-10-8-16-24-21(17)20/h2-4,7-12,15-16,19H,5-6,13-14H2,1H3,(H,25,26). The molecule has 0 radical (unpaired) electrons. The van der Waals surface area contributed by atoms with E-state index in [4.69, 9.17) is 0 Å². The van der Waals surface area contributed by atoms with Gasteiger partial charge in [0, 0.05) is 11.6 Å². The number of nitrogens with one attached hydrogen (secondary N) is 1. The maximum atomic E-state index is 13.5. The van der Waals surface area contributed by atoms with Crippen molar-refractivity contribution in [3.8, 4) is 0 Å². The first-order valence-electron chi connectivity index (χ1n) is 9.40. The Morgan fingerprint density at radius 2 is 1.73 bits per heavy atom. The number of aromatic nitrogens is 1. The van der Waals surface area contributed by atoms with Crippen LogP contribution >= 0.6 is 0 Å². The summed E-state index contributed by atoms with van der Waals surface area (Å²) in [6.45, 7) is 2.10. The van der Waals surface area contributed by atoms with Gasteiger partial charge in [-0.1, -0.05) is 61.4 Å². The third kappa shape index (κ3) is 2.88. The molecule has 2 aromatic carbocycles. The number of anilines is 1. The second-order valence-electron chi connectivity index (χ2n) is 7.38. The number of carbonyl (C=O) groups is 1. The molecule has 1 fully saturated rings. The van der Waals surface area contributed by atoms with Gasteiger partial charge in [-0.15, -0.1) is 0 Å². The highest BCUT2D eigenvalue weighted by Gasteiger charge is 2.43. The number of nitrogens with zero attached hydrogens (tertiary/aromatic N) is 1. The Balaban J connectivity index is 1.73. The molecule has 1 N–H and O–H groups in total. The normalized spacial score (nSPS) is 17.1. The van der Waals surface area contributed by atoms with Gasteiger partial charge in [0.05, 0.1) is 16.6 Å². The third-order valence-electron chi connectivity index (χ3n) is 5.90. The number of fused-ring (bicyclic) bond motifs is 1. The average Bonchev–Trinajstić information content (AvgIpc) is 3.23. The summed E-state index contributed by atoms with van der Waals surface area (Å²) in [6, 6.07) is 20.1. The Bertz CT molecular complexity index is 910. The van der Waals surface area contributed by atoms with Gasteiger partial charge in [-0.05, 0) is 43.4 Å². The van der Waals surface area contributed by atoms with Crippen molar-refractivity contribution in [2.45, 2.75) is 38.0 Å². The van der Waals surface area contributed by atoms with Crippen LogP contribution in [-0.4, -0.2) is 10.9 Å². The number of hydrogen-bond acceptors (Lipinski definition) is 2. The molecule has 1 atom stereocenters. The number of amides is 1. The molecule has 3 aromatic rings. The highest BCUT2D eigenvalue weighted by molar-refractivity contribution is 6.04. The molecule has 0 saturated heterocycles. The number of carbonyl (C=O) groups excluding carboxylic acids is 1. The van der Waals surface area contributed by atoms with E-state index in [2.05, 4.69) is 29.4 Å². The number of benzene rings is 2. The predicted molar refractivity (Wildman–Crippen MR) is 106 cm³/mol. The first-order chi connectivity index (χ1) is 12.7. The third-order valence-corrected chi connectivity index (χ3v) is 5.90. The van der Waals surface area contributed by atoms with E-state index in [1.54, 1.807) is 6.20 Å². The van der Waals surface area contributed by atoms with Crippen LogP contribution in [0.4, 0.5) is 5.69 Å². The zero-order chi connectivity index (χ0) is 18.0. The highest BCUT2D eigenvalue weighted by Crippen LogP contribution is 2.43. The van der Waals surface area contributed by atoms with Crippen molar-refractivity contribution in [3.05, 3.63) is 72.4 Å². The van der Waals surface area contributed by atoms with Gasteiger partial charge in [0.25, 0.3) is 0 Å². The minimum Gasteiger partial charge on any atom is -0.323 e. The summed E-state index contributed by atoms with van der Waals surface area (Å²) in [5.41, 5.74) is 2.19. The molecule has 3 nitrogen and oxygen atoms in total. The fourth-order valence-electron chi connectivity index (χ4n) is 4.30. The van der Waals surface area contributed by atoms with E-state index in [-0.39, 0.29) is 5.91 Å². The molecule has 1 aliphatic carbocycles. The van der Waals surface area contributed by atoms with Gasteiger partial charge >= 0.3 is 0 Å². The number of hydrogen-bond donors (Lipinski definition) is 1. The lowest BCUT2D eigenvalue weighted by Gasteiger charge is -2.35. The quantitative estimate of drug-likeness (QED) is 0.696. The molecule has 1 aromatic heterocycles. The van der Waals surface area contributed by atoms with Gasteiger partial charge in [0.15, 0.2) is 0 Å². The molecule has 0 aliphatic heterocycles. The van der Waals surface area contributed by atoms with E-state index in [0.29, 0.717) is 5.92 Å². The molecule has 1 unspecified atom stereocenters. The van der Waals surface area contributed by atoms with Crippen molar-refractivity contribution in [2.24, 2.45) is 5.92 Å². The number of para-hydroxylation sites is 1. The molecule has 132 valence electrons. The van der Waals surface area contributed by atoms with Gasteiger partial charge in [0.1, 0.15) is 0 Å². The molecule has 1 heterocycles. The fraction of sp³-hybridized carbons (Fsp3) is 0.304. The fourth-order valence-corrected chi connectivity index (χ4v) is 4.30. The first kappa shape index (κ1) is 16.8. The van der Waals surface area contributed by atoms with Crippen LogP contribution in [0, 0.1) is 5.92 Å². The van der Waals surface area contributed by atoms with Crippen LogP contribution in [0.15, 0.2) is 66.9 Å². The minimum absolute atomic E-state index is 0.0637. The molecule has 0 spiro atoms. The molecule has 26 heavy (non-hydrogen) atoms. The van der Waals surface area contributed by atoms with Gasteiger partial charge in [-0.3, -0.25) is 9.78 Å². The SMILES string of the molecule is CC(C(=O)Nc1cccc2cccnc12)(c1ccccc1)C1CCCC1. The van der Waals surface area contributed by atoms with Gasteiger partial charge in [-0.25, -0.2) is 0 Å². The van der Waals surface area contributed by atoms with Gasteiger partial charge in [-0.2, -0.15) is 0 Å². The first-order valence-corrected chi connectivity index (χ1v) is 9.40. The zero-order valence-corrected chi connectivity index (χ0v) is 15.1. The topological polar surface area (TPSA) is 42.0 Å². The highest BCUT2D eigenvalue weighted by atomic mass is 16.2. The molecule has 1 aliphatic rings. The van der Waals surface area contributed by atoms with Gasteiger partial charge in [0.2, 0.25) is 5.91 Å². The summed E-state index contributed by atoms with van der Waals surface area (Å²) < 4.78 is 0. The Hall–Kier alpha value is -2.68. The molecule has 1 amide bonds. The van der Waals surface area contributed by atoms with Gasteiger partial charge < -0.3 is 5.32 Å². The summed E-state index contributed by atoms with van der Waals surface area (Å²) in [4.78, 5) is 18.0. The van der Waals surface area contributed by atoms with E-state index in [1.165, 1.54) is 12.8 Å². The van der Waals surface area contributed by atoms with E-state index in [9.17, 15) is 4.79 Å². The Kier molecular flexibility index (Phi) is 4.46. The van der Waals surface area contributed by atoms with Crippen molar-refractivity contribution in [1.82, 2.24) is 4.98 Å². The Morgan fingerprint density at radius 3 is 2.50 bits per heavy atom. The average molecular weight is 344 g/mol. The van der Waals surface area contributed by atoms with Crippen LogP contribution in [0.3, 0.4) is 0 Å². The van der Waals surface area contributed by atoms with Crippen LogP contribution in [0.1, 0.15) is 38.2 Å². The summed E-state index contributed by atoms with van der Waals surface area (Å²) in [7, 11) is 0. The maximum absolute atomic E-state index is 13.5. The van der Waals surface area contributed by atoms with Crippen molar-refractivity contribution in [3.63, 3.8) is 0 Å². The molecule has 3 heteroatoms. The zero-order valence-electron chi connectivity index (χ0n) is 15.1. The summed E-state index contributed by atoms with van der Waals surface area (Å²) in [5, 5.41) is 4.23. The number of pyridine rings is 1. The van der Waals surface area contributed by atoms with E-state index >= 15 is 0 Å². The summed E-state index contributed by atoms with van der Waals surface area (Å²) in [6.07, 6.45) is 6.39. The smallest absolute Gasteiger partial charge is 0.235 e. The van der Waals surface area contributed by atoms with E-state index in [0.717, 1.165) is 35.0 Å². The predicted octanol–water partition coefficient (Wildman–Crippen LogP) is 5.32. The second-order valence-corrected chi connectivity index (χ2v) is 7.38. The lowest BCUT2D eigenvalue weighted by Crippen LogP contribution is -2.43. The van der Waals surface area contributed by atoms with Crippen LogP contribution in [0.25, 0.3) is 10.9 Å². The van der Waals surface area contributed by atoms with Crippen molar-refractivity contribution in [1.29, 1.82) is 0 Å². The van der Waals surface area contributed by atoms with Crippen LogP contribution < -0.4 is 5.32 Å². The Labute approximate surface area is 154 Å². The van der Waals surface area contributed by atoms with Crippen molar-refractivity contribution < 1.29 is 4.79 Å². The molecular formula is C23H24N2O. The molecule has 4 rings (SSSR count). The lowest BCUT2D eigenvalue weighted by atomic mass is 9.70. The monoisotopic (exact) mass is 344 g/mol. The van der Waals surface area contributed by atoms with Crippen LogP contribution in [0.5, 0.6) is 0 Å². The molecule has 0 bridgehead atoms. The van der Waals surface area contributed by atoms with E-state index in [1.807, 2.05) is 48.5 Å². The number of rotatable bonds is 4. The molecule has 1 saturated carbocycles. The van der Waals surface area contributed by atoms with Crippen LogP contribution in [-0.2, 0) is 10.2 Å². The lowest BCUT2D eigenvalue weighted by molar-refractivity contribution is -0.122. The Morgan fingerprint density at radius 1 is 1.00 bits per heavy atom. The maximum Gasteiger partial charge on any atom is 0.235 e.